The van der Waals surface area contributed by atoms with Crippen LogP contribution in [-0.4, -0.2) is 171 Å². The Morgan fingerprint density at radius 2 is 0.750 bits per heavy atom. The molecule has 14 rings (SSSR count). The molecule has 738 valence electrons. The molecule has 0 aliphatic heterocycles. The fourth-order valence-electron chi connectivity index (χ4n) is 14.3. The second-order valence-corrected chi connectivity index (χ2v) is 40.4. The van der Waals surface area contributed by atoms with Gasteiger partial charge in [0.15, 0.2) is 33.9 Å². The van der Waals surface area contributed by atoms with Crippen molar-refractivity contribution in [1.29, 1.82) is 0 Å². The fourth-order valence-corrected chi connectivity index (χ4v) is 14.6. The number of aliphatic hydroxyl groups is 1. The SMILES string of the molecule is C=Cc1ccc2nc(NC(=O)CC(C)(C)C)n(CC(F)(F)F)c2n1.CCCn1c(NC(=O)CC(C)(C)OC)nc2ccc(Cl)nc21.CCc1ccc2nc(NC(=O)CC(C)(C)C)n(CC(F)(F)F)c2n1.COC(C)(C)CC(=O)Nc1nc2ccc(Cl)nc2n1C1CCC1.Cc1ccc2nc(NC(=O)CC(C)(C)C)n(C(C)C)c2n1.Cc1ccc2nc(NC(=O)CC(C)(C)O)n(C3CCC3)c2n1. The van der Waals surface area contributed by atoms with E-state index in [1.165, 1.54) is 18.9 Å². The number of pyridine rings is 6. The molecule has 0 radical (unpaired) electrons. The number of carbonyl (C=O) groups is 6. The normalized spacial score (nSPS) is 13.4. The summed E-state index contributed by atoms with van der Waals surface area (Å²) in [6.45, 7) is 41.7. The molecule has 136 heavy (non-hydrogen) atoms. The third kappa shape index (κ3) is 31.4. The lowest BCUT2D eigenvalue weighted by atomic mass is 9.92. The number of fused-ring (bicyclic) bond motifs is 6. The lowest BCUT2D eigenvalue weighted by molar-refractivity contribution is -0.140. The van der Waals surface area contributed by atoms with Crippen LogP contribution in [0.3, 0.4) is 0 Å². The molecule has 33 nitrogen and oxygen atoms in total. The second-order valence-electron chi connectivity index (χ2n) is 39.6. The Kier molecular flexibility index (Phi) is 35.4. The maximum atomic E-state index is 12.9. The first-order chi connectivity index (χ1) is 63.2. The molecule has 2 saturated carbocycles. The summed E-state index contributed by atoms with van der Waals surface area (Å²) in [4.78, 5) is 125. The Labute approximate surface area is 797 Å². The summed E-state index contributed by atoms with van der Waals surface area (Å²) in [5.74, 6) is 0.546. The van der Waals surface area contributed by atoms with Gasteiger partial charge in [-0.05, 0) is 216 Å². The highest BCUT2D eigenvalue weighted by molar-refractivity contribution is 6.30. The Morgan fingerprint density at radius 1 is 0.426 bits per heavy atom. The van der Waals surface area contributed by atoms with Gasteiger partial charge in [-0.25, -0.2) is 59.8 Å². The third-order valence-corrected chi connectivity index (χ3v) is 21.6. The number of amides is 6. The molecular weight excluding hydrogens is 1810 g/mol. The van der Waals surface area contributed by atoms with Gasteiger partial charge in [-0.2, -0.15) is 26.3 Å². The first kappa shape index (κ1) is 108. The van der Waals surface area contributed by atoms with Gasteiger partial charge in [0.05, 0.1) is 41.8 Å². The molecule has 12 aromatic rings. The minimum Gasteiger partial charge on any atom is -0.390 e. The molecule has 2 fully saturated rings. The molecule has 0 spiro atoms. The predicted octanol–water partition coefficient (Wildman–Crippen LogP) is 21.0. The number of nitrogens with one attached hydrogen (secondary N) is 6. The van der Waals surface area contributed by atoms with E-state index < -0.39 is 48.2 Å². The van der Waals surface area contributed by atoms with E-state index in [0.29, 0.717) is 93.6 Å². The van der Waals surface area contributed by atoms with Gasteiger partial charge < -0.3 is 14.6 Å². The zero-order valence-electron chi connectivity index (χ0n) is 81.8. The smallest absolute Gasteiger partial charge is 0.390 e. The fraction of sp³-hybridized carbons (Fsp3) is 0.537. The molecule has 2 aliphatic carbocycles. The zero-order valence-corrected chi connectivity index (χ0v) is 83.3. The molecule has 0 aromatic carbocycles. The minimum absolute atomic E-state index is 0.0172. The number of aryl methyl sites for hydroxylation is 4. The zero-order chi connectivity index (χ0) is 101. The maximum absolute atomic E-state index is 12.9. The van der Waals surface area contributed by atoms with E-state index in [4.69, 9.17) is 32.7 Å². The molecule has 2 aliphatic rings. The summed E-state index contributed by atoms with van der Waals surface area (Å²) in [6.07, 6.45) is 1.98. The lowest BCUT2D eigenvalue weighted by Gasteiger charge is -2.29. The van der Waals surface area contributed by atoms with Crippen LogP contribution in [-0.2, 0) is 64.3 Å². The topological polar surface area (TPSA) is 398 Å². The number of imidazole rings is 6. The molecule has 0 saturated heterocycles. The van der Waals surface area contributed by atoms with E-state index >= 15 is 0 Å². The van der Waals surface area contributed by atoms with Crippen molar-refractivity contribution >= 4 is 167 Å². The molecule has 0 unspecified atom stereocenters. The Morgan fingerprint density at radius 3 is 1.12 bits per heavy atom. The first-order valence-corrected chi connectivity index (χ1v) is 45.9. The molecule has 7 N–H and O–H groups in total. The number of nitrogens with zero attached hydrogens (tertiary/aromatic N) is 18. The number of hydrogen-bond acceptors (Lipinski definition) is 21. The van der Waals surface area contributed by atoms with Gasteiger partial charge in [0.1, 0.15) is 56.5 Å². The second kappa shape index (κ2) is 44.6. The molecule has 12 heterocycles. The van der Waals surface area contributed by atoms with Crippen LogP contribution in [0.5, 0.6) is 0 Å². The van der Waals surface area contributed by atoms with E-state index in [2.05, 4.69) is 119 Å². The summed E-state index contributed by atoms with van der Waals surface area (Å²) >= 11 is 12.0. The van der Waals surface area contributed by atoms with Crippen LogP contribution in [0.2, 0.25) is 10.3 Å². The lowest BCUT2D eigenvalue weighted by Crippen LogP contribution is -2.30. The molecular formula is C95H128Cl2F6N24O9. The van der Waals surface area contributed by atoms with Crippen LogP contribution >= 0.6 is 23.2 Å². The number of aromatic nitrogens is 18. The van der Waals surface area contributed by atoms with Gasteiger partial charge in [0.2, 0.25) is 71.1 Å². The number of hydrogen-bond donors (Lipinski definition) is 7. The van der Waals surface area contributed by atoms with Gasteiger partial charge in [0, 0.05) is 75.2 Å². The van der Waals surface area contributed by atoms with Crippen molar-refractivity contribution in [2.75, 3.05) is 46.1 Å². The van der Waals surface area contributed by atoms with Gasteiger partial charge in [-0.3, -0.25) is 88.1 Å². The monoisotopic (exact) mass is 1930 g/mol. The Hall–Kier alpha value is -11.7. The van der Waals surface area contributed by atoms with E-state index in [9.17, 15) is 60.2 Å². The third-order valence-electron chi connectivity index (χ3n) is 21.2. The first-order valence-electron chi connectivity index (χ1n) is 45.1. The Balaban J connectivity index is 0.000000183. The predicted molar refractivity (Wildman–Crippen MR) is 519 cm³/mol. The van der Waals surface area contributed by atoms with Crippen molar-refractivity contribution < 1.29 is 69.7 Å². The maximum Gasteiger partial charge on any atom is 0.406 e. The van der Waals surface area contributed by atoms with Crippen LogP contribution in [0.15, 0.2) is 79.4 Å². The summed E-state index contributed by atoms with van der Waals surface area (Å²) < 4.78 is 97.8. The number of methoxy groups -OCH3 is 2. The number of anilines is 6. The summed E-state index contributed by atoms with van der Waals surface area (Å²) in [5, 5.41) is 27.1. The number of halogens is 8. The largest absolute Gasteiger partial charge is 0.406 e. The van der Waals surface area contributed by atoms with E-state index in [1.807, 2.05) is 159 Å². The average molecular weight is 1940 g/mol. The summed E-state index contributed by atoms with van der Waals surface area (Å²) in [7, 11) is 3.19. The van der Waals surface area contributed by atoms with Crippen LogP contribution in [0.25, 0.3) is 73.1 Å². The summed E-state index contributed by atoms with van der Waals surface area (Å²) in [5.41, 5.74) is 7.13. The number of alkyl halides is 6. The van der Waals surface area contributed by atoms with Crippen LogP contribution in [0.1, 0.15) is 256 Å². The van der Waals surface area contributed by atoms with E-state index in [-0.39, 0.29) is 113 Å². The quantitative estimate of drug-likeness (QED) is 0.0195. The van der Waals surface area contributed by atoms with Crippen molar-refractivity contribution in [2.24, 2.45) is 16.2 Å². The minimum atomic E-state index is -4.47. The summed E-state index contributed by atoms with van der Waals surface area (Å²) in [6, 6.07) is 22.1. The molecule has 6 amide bonds. The molecule has 0 bridgehead atoms. The van der Waals surface area contributed by atoms with Crippen molar-refractivity contribution in [1.82, 2.24) is 87.2 Å². The van der Waals surface area contributed by atoms with Gasteiger partial charge in [-0.1, -0.05) is 106 Å². The number of ether oxygens (including phenoxy) is 2. The highest BCUT2D eigenvalue weighted by Crippen LogP contribution is 2.40. The van der Waals surface area contributed by atoms with E-state index in [1.54, 1.807) is 70.5 Å². The molecule has 12 aromatic heterocycles. The highest BCUT2D eigenvalue weighted by Gasteiger charge is 2.36. The number of rotatable bonds is 26. The van der Waals surface area contributed by atoms with Crippen molar-refractivity contribution in [2.45, 2.75) is 302 Å². The average Bonchev–Trinajstić information content (AvgIpc) is 1.63. The number of carbonyl (C=O) groups excluding carboxylic acids is 6. The van der Waals surface area contributed by atoms with E-state index in [0.717, 1.165) is 86.1 Å². The molecule has 0 atom stereocenters. The van der Waals surface area contributed by atoms with Crippen molar-refractivity contribution in [3.8, 4) is 0 Å². The highest BCUT2D eigenvalue weighted by atomic mass is 35.5. The Bertz CT molecular complexity index is 6250. The van der Waals surface area contributed by atoms with Gasteiger partial charge in [0.25, 0.3) is 0 Å². The van der Waals surface area contributed by atoms with Crippen LogP contribution in [0.4, 0.5) is 62.0 Å². The molecule has 41 heteroatoms. The van der Waals surface area contributed by atoms with Gasteiger partial charge in [-0.15, -0.1) is 0 Å². The van der Waals surface area contributed by atoms with Crippen LogP contribution < -0.4 is 31.9 Å². The van der Waals surface area contributed by atoms with Gasteiger partial charge >= 0.3 is 12.4 Å². The van der Waals surface area contributed by atoms with Crippen molar-refractivity contribution in [3.05, 3.63) is 112 Å². The van der Waals surface area contributed by atoms with Crippen molar-refractivity contribution in [3.63, 3.8) is 0 Å². The standard InChI is InChI=1S/C16H21ClN4O2.C16H21F3N4O.C16H19F3N4O.C16H22N4O2.C16H24N4O.C15H21ClN4O2/c1-16(2,23-3)9-13(22)20-15-18-11-7-8-12(17)19-14(11)21(15)10-5-4-6-10;2*1-5-10-6-7-11-13(20-10)23(9-16(17,18)19)14(21-11)22-12(24)8-15(2,3)4;1-10-7-8-12-14(17-10)20(11-5-4-6-11)15(18-12)19-13(21)9-16(2,3)22;1-10(2)20-14-12(8-7-11(3)17-14)18-15(20)19-13(21)9-16(4,5)6;1-5-8-20-13-10(6-7-11(16)18-13)17-14(20)19-12(21)9-15(2,3)22-4/h7-8,10H,4-6,9H2,1-3H3,(H,18,20,22);6-7H,5,8-9H2,1-4H3,(H,21,22,24);5-7H,1,8-9H2,2-4H3,(H,21,22,24);7-8,11,22H,4-6,9H2,1-3H3,(H,18,19,21);7-8,10H,9H2,1-6H3,(H,18,19,21);6-7H,5,8-9H2,1-4H3,(H,17,19,21). The van der Waals surface area contributed by atoms with Crippen LogP contribution in [0, 0.1) is 30.1 Å².